The highest BCUT2D eigenvalue weighted by molar-refractivity contribution is 9.10. The molecule has 2 nitrogen and oxygen atoms in total. The van der Waals surface area contributed by atoms with Crippen molar-refractivity contribution in [1.82, 2.24) is 5.32 Å². The van der Waals surface area contributed by atoms with Gasteiger partial charge < -0.3 is 10.2 Å². The van der Waals surface area contributed by atoms with Gasteiger partial charge in [0.05, 0.1) is 0 Å². The van der Waals surface area contributed by atoms with Crippen LogP contribution in [-0.2, 0) is 0 Å². The zero-order valence-electron chi connectivity index (χ0n) is 12.7. The number of nitrogens with zero attached hydrogens (tertiary/aromatic N) is 1. The van der Waals surface area contributed by atoms with Gasteiger partial charge in [-0.05, 0) is 57.4 Å². The first kappa shape index (κ1) is 14.9. The van der Waals surface area contributed by atoms with Gasteiger partial charge in [0.2, 0.25) is 0 Å². The van der Waals surface area contributed by atoms with Crippen LogP contribution in [-0.4, -0.2) is 24.7 Å². The third-order valence-electron chi connectivity index (χ3n) is 4.40. The van der Waals surface area contributed by atoms with Gasteiger partial charge in [0, 0.05) is 34.8 Å². The fraction of sp³-hybridized carbons (Fsp3) is 0.625. The van der Waals surface area contributed by atoms with E-state index >= 15 is 0 Å². The van der Waals surface area contributed by atoms with Crippen LogP contribution in [0, 0.1) is 13.8 Å². The minimum absolute atomic E-state index is 0.221. The van der Waals surface area contributed by atoms with Crippen molar-refractivity contribution >= 4 is 21.6 Å². The summed E-state index contributed by atoms with van der Waals surface area (Å²) in [5, 5.41) is 3.69. The molecule has 0 radical (unpaired) electrons. The molecule has 1 heterocycles. The SMILES string of the molecule is CCC1(C)CN(c2c(C)cc(Br)cc2C)C(C)CN1. The summed E-state index contributed by atoms with van der Waals surface area (Å²) in [5.74, 6) is 0. The number of halogens is 1. The summed E-state index contributed by atoms with van der Waals surface area (Å²) >= 11 is 3.59. The van der Waals surface area contributed by atoms with Crippen molar-refractivity contribution in [3.8, 4) is 0 Å². The van der Waals surface area contributed by atoms with Crippen molar-refractivity contribution in [2.75, 3.05) is 18.0 Å². The quantitative estimate of drug-likeness (QED) is 0.883. The molecule has 1 saturated heterocycles. The van der Waals surface area contributed by atoms with E-state index in [-0.39, 0.29) is 5.54 Å². The average molecular weight is 325 g/mol. The lowest BCUT2D eigenvalue weighted by molar-refractivity contribution is 0.285. The van der Waals surface area contributed by atoms with Gasteiger partial charge in [-0.25, -0.2) is 0 Å². The molecule has 106 valence electrons. The molecule has 19 heavy (non-hydrogen) atoms. The fourth-order valence-corrected chi connectivity index (χ4v) is 3.67. The van der Waals surface area contributed by atoms with Crippen LogP contribution in [0.3, 0.4) is 0 Å². The molecule has 3 heteroatoms. The Morgan fingerprint density at radius 2 is 1.95 bits per heavy atom. The lowest BCUT2D eigenvalue weighted by atomic mass is 9.92. The second kappa shape index (κ2) is 5.45. The molecule has 0 spiro atoms. The van der Waals surface area contributed by atoms with Crippen molar-refractivity contribution < 1.29 is 0 Å². The van der Waals surface area contributed by atoms with E-state index in [9.17, 15) is 0 Å². The van der Waals surface area contributed by atoms with E-state index in [1.807, 2.05) is 0 Å². The second-order valence-corrected chi connectivity index (χ2v) is 7.08. The van der Waals surface area contributed by atoms with Gasteiger partial charge in [-0.15, -0.1) is 0 Å². The Morgan fingerprint density at radius 1 is 1.37 bits per heavy atom. The zero-order chi connectivity index (χ0) is 14.2. The van der Waals surface area contributed by atoms with E-state index < -0.39 is 0 Å². The first-order chi connectivity index (χ1) is 8.86. The number of hydrogen-bond acceptors (Lipinski definition) is 2. The van der Waals surface area contributed by atoms with E-state index in [1.165, 1.54) is 21.3 Å². The minimum atomic E-state index is 0.221. The molecule has 1 fully saturated rings. The van der Waals surface area contributed by atoms with Crippen molar-refractivity contribution in [3.05, 3.63) is 27.7 Å². The Bertz CT molecular complexity index is 449. The highest BCUT2D eigenvalue weighted by atomic mass is 79.9. The number of aryl methyl sites for hydroxylation is 2. The van der Waals surface area contributed by atoms with Crippen molar-refractivity contribution in [3.63, 3.8) is 0 Å². The molecule has 2 unspecified atom stereocenters. The summed E-state index contributed by atoms with van der Waals surface area (Å²) in [5.41, 5.74) is 4.35. The summed E-state index contributed by atoms with van der Waals surface area (Å²) in [7, 11) is 0. The van der Waals surface area contributed by atoms with E-state index in [1.54, 1.807) is 0 Å². The standard InChI is InChI=1S/C16H25BrN2/c1-6-16(5)10-19(13(4)9-18-16)15-11(2)7-14(17)8-12(15)3/h7-8,13,18H,6,9-10H2,1-5H3. The topological polar surface area (TPSA) is 15.3 Å². The van der Waals surface area contributed by atoms with Crippen LogP contribution in [0.4, 0.5) is 5.69 Å². The van der Waals surface area contributed by atoms with Gasteiger partial charge >= 0.3 is 0 Å². The zero-order valence-corrected chi connectivity index (χ0v) is 14.3. The lowest BCUT2D eigenvalue weighted by Crippen LogP contribution is -2.62. The largest absolute Gasteiger partial charge is 0.365 e. The summed E-state index contributed by atoms with van der Waals surface area (Å²) in [4.78, 5) is 2.58. The van der Waals surface area contributed by atoms with Crippen molar-refractivity contribution in [1.29, 1.82) is 0 Å². The van der Waals surface area contributed by atoms with Crippen molar-refractivity contribution in [2.45, 2.75) is 52.6 Å². The Labute approximate surface area is 125 Å². The maximum absolute atomic E-state index is 3.69. The van der Waals surface area contributed by atoms with Crippen LogP contribution in [0.1, 0.15) is 38.3 Å². The molecule has 0 aromatic heterocycles. The fourth-order valence-electron chi connectivity index (χ4n) is 2.98. The maximum atomic E-state index is 3.69. The molecule has 2 rings (SSSR count). The van der Waals surface area contributed by atoms with Gasteiger partial charge in [-0.1, -0.05) is 22.9 Å². The maximum Gasteiger partial charge on any atom is 0.0429 e. The molecule has 0 amide bonds. The van der Waals surface area contributed by atoms with Gasteiger partial charge in [-0.3, -0.25) is 0 Å². The van der Waals surface area contributed by atoms with Gasteiger partial charge in [0.25, 0.3) is 0 Å². The predicted octanol–water partition coefficient (Wildman–Crippen LogP) is 4.03. The molecular formula is C16H25BrN2. The predicted molar refractivity (Wildman–Crippen MR) is 87.1 cm³/mol. The van der Waals surface area contributed by atoms with Crippen molar-refractivity contribution in [2.24, 2.45) is 0 Å². The first-order valence-electron chi connectivity index (χ1n) is 7.15. The van der Waals surface area contributed by atoms with E-state index in [4.69, 9.17) is 0 Å². The van der Waals surface area contributed by atoms with Gasteiger partial charge in [0.1, 0.15) is 0 Å². The Morgan fingerprint density at radius 3 is 2.47 bits per heavy atom. The third kappa shape index (κ3) is 2.97. The van der Waals surface area contributed by atoms with Crippen LogP contribution < -0.4 is 10.2 Å². The lowest BCUT2D eigenvalue weighted by Gasteiger charge is -2.47. The summed E-state index contributed by atoms with van der Waals surface area (Å²) < 4.78 is 1.17. The van der Waals surface area contributed by atoms with E-state index in [0.29, 0.717) is 6.04 Å². The highest BCUT2D eigenvalue weighted by Crippen LogP contribution is 2.33. The molecule has 1 aliphatic heterocycles. The number of nitrogens with one attached hydrogen (secondary N) is 1. The molecule has 1 aliphatic rings. The van der Waals surface area contributed by atoms with Crippen LogP contribution in [0.2, 0.25) is 0 Å². The number of hydrogen-bond donors (Lipinski definition) is 1. The van der Waals surface area contributed by atoms with Crippen LogP contribution in [0.5, 0.6) is 0 Å². The molecule has 0 aliphatic carbocycles. The Balaban J connectivity index is 2.39. The number of benzene rings is 1. The average Bonchev–Trinajstić information content (AvgIpc) is 2.32. The van der Waals surface area contributed by atoms with Gasteiger partial charge in [-0.2, -0.15) is 0 Å². The first-order valence-corrected chi connectivity index (χ1v) is 7.94. The monoisotopic (exact) mass is 324 g/mol. The molecular weight excluding hydrogens is 300 g/mol. The van der Waals surface area contributed by atoms with Gasteiger partial charge in [0.15, 0.2) is 0 Å². The molecule has 0 bridgehead atoms. The minimum Gasteiger partial charge on any atom is -0.365 e. The summed E-state index contributed by atoms with van der Waals surface area (Å²) in [6.45, 7) is 13.5. The summed E-state index contributed by atoms with van der Waals surface area (Å²) in [6, 6.07) is 4.99. The van der Waals surface area contributed by atoms with E-state index in [0.717, 1.165) is 19.5 Å². The molecule has 0 saturated carbocycles. The number of piperazine rings is 1. The Kier molecular flexibility index (Phi) is 4.26. The molecule has 1 aromatic rings. The normalized spacial score (nSPS) is 27.7. The van der Waals surface area contributed by atoms with Crippen LogP contribution >= 0.6 is 15.9 Å². The molecule has 1 N–H and O–H groups in total. The number of anilines is 1. The Hall–Kier alpha value is -0.540. The van der Waals surface area contributed by atoms with E-state index in [2.05, 4.69) is 72.9 Å². The summed E-state index contributed by atoms with van der Waals surface area (Å²) in [6.07, 6.45) is 1.16. The number of rotatable bonds is 2. The molecule has 2 atom stereocenters. The smallest absolute Gasteiger partial charge is 0.0429 e. The third-order valence-corrected chi connectivity index (χ3v) is 4.86. The second-order valence-electron chi connectivity index (χ2n) is 6.16. The van der Waals surface area contributed by atoms with Crippen LogP contribution in [0.15, 0.2) is 16.6 Å². The van der Waals surface area contributed by atoms with Crippen LogP contribution in [0.25, 0.3) is 0 Å². The highest BCUT2D eigenvalue weighted by Gasteiger charge is 2.33. The molecule has 1 aromatic carbocycles.